The van der Waals surface area contributed by atoms with Crippen molar-refractivity contribution in [1.29, 1.82) is 0 Å². The molecular formula is C14H16FNO. The van der Waals surface area contributed by atoms with Crippen LogP contribution in [0.5, 0.6) is 0 Å². The van der Waals surface area contributed by atoms with Gasteiger partial charge in [-0.05, 0) is 49.4 Å². The molecule has 0 saturated heterocycles. The monoisotopic (exact) mass is 233 g/mol. The zero-order valence-electron chi connectivity index (χ0n) is 9.75. The lowest BCUT2D eigenvalue weighted by atomic mass is 9.95. The molecule has 1 aromatic heterocycles. The highest BCUT2D eigenvalue weighted by atomic mass is 19.1. The maximum Gasteiger partial charge on any atom is 0.123 e. The van der Waals surface area contributed by atoms with Crippen molar-refractivity contribution < 1.29 is 9.50 Å². The Labute approximate surface area is 99.7 Å². The van der Waals surface area contributed by atoms with Crippen molar-refractivity contribution >= 4 is 10.9 Å². The van der Waals surface area contributed by atoms with Crippen LogP contribution in [0.15, 0.2) is 18.2 Å². The van der Waals surface area contributed by atoms with Gasteiger partial charge in [0.05, 0.1) is 6.61 Å². The van der Waals surface area contributed by atoms with Crippen LogP contribution in [0.1, 0.15) is 24.1 Å². The minimum Gasteiger partial charge on any atom is -0.395 e. The zero-order valence-corrected chi connectivity index (χ0v) is 9.75. The first-order valence-electron chi connectivity index (χ1n) is 6.21. The van der Waals surface area contributed by atoms with Crippen LogP contribution < -0.4 is 0 Å². The third kappa shape index (κ3) is 1.65. The van der Waals surface area contributed by atoms with E-state index in [4.69, 9.17) is 5.11 Å². The van der Waals surface area contributed by atoms with Crippen molar-refractivity contribution in [3.05, 3.63) is 35.3 Å². The molecule has 0 atom stereocenters. The standard InChI is InChI=1S/C14H16FNO/c15-10-5-6-14-12(9-10)11-3-1-2-4-13(11)16(14)7-8-17/h5-6,9,17H,1-4,7-8H2. The number of aryl methyl sites for hydroxylation is 1. The first kappa shape index (κ1) is 10.8. The maximum atomic E-state index is 13.3. The molecule has 17 heavy (non-hydrogen) atoms. The van der Waals surface area contributed by atoms with Gasteiger partial charge in [-0.3, -0.25) is 0 Å². The highest BCUT2D eigenvalue weighted by Crippen LogP contribution is 2.32. The van der Waals surface area contributed by atoms with Crippen molar-refractivity contribution in [2.75, 3.05) is 6.61 Å². The third-order valence-electron chi connectivity index (χ3n) is 3.66. The molecule has 3 heteroatoms. The normalized spacial score (nSPS) is 15.2. The predicted molar refractivity (Wildman–Crippen MR) is 65.6 cm³/mol. The van der Waals surface area contributed by atoms with E-state index in [9.17, 15) is 4.39 Å². The van der Waals surface area contributed by atoms with Crippen molar-refractivity contribution in [1.82, 2.24) is 4.57 Å². The fourth-order valence-electron chi connectivity index (χ4n) is 2.96. The molecule has 1 heterocycles. The summed E-state index contributed by atoms with van der Waals surface area (Å²) in [6.07, 6.45) is 4.46. The number of nitrogens with zero attached hydrogens (tertiary/aromatic N) is 1. The molecule has 0 unspecified atom stereocenters. The summed E-state index contributed by atoms with van der Waals surface area (Å²) in [7, 11) is 0. The van der Waals surface area contributed by atoms with Crippen LogP contribution in [0.3, 0.4) is 0 Å². The summed E-state index contributed by atoms with van der Waals surface area (Å²) < 4.78 is 15.5. The molecule has 0 spiro atoms. The van der Waals surface area contributed by atoms with Gasteiger partial charge in [-0.15, -0.1) is 0 Å². The fraction of sp³-hybridized carbons (Fsp3) is 0.429. The fourth-order valence-corrected chi connectivity index (χ4v) is 2.96. The Morgan fingerprint density at radius 3 is 2.88 bits per heavy atom. The number of halogens is 1. The molecule has 0 bridgehead atoms. The lowest BCUT2D eigenvalue weighted by molar-refractivity contribution is 0.276. The number of aliphatic hydroxyl groups is 1. The van der Waals surface area contributed by atoms with Gasteiger partial charge < -0.3 is 9.67 Å². The molecule has 1 aromatic carbocycles. The van der Waals surface area contributed by atoms with Crippen molar-refractivity contribution in [3.8, 4) is 0 Å². The number of benzene rings is 1. The van der Waals surface area contributed by atoms with Gasteiger partial charge in [0.25, 0.3) is 0 Å². The number of rotatable bonds is 2. The summed E-state index contributed by atoms with van der Waals surface area (Å²) in [5.74, 6) is -0.174. The van der Waals surface area contributed by atoms with Gasteiger partial charge in [0.2, 0.25) is 0 Å². The van der Waals surface area contributed by atoms with Crippen LogP contribution in [0.4, 0.5) is 4.39 Å². The first-order valence-corrected chi connectivity index (χ1v) is 6.21. The highest BCUT2D eigenvalue weighted by Gasteiger charge is 2.19. The summed E-state index contributed by atoms with van der Waals surface area (Å²) in [4.78, 5) is 0. The van der Waals surface area contributed by atoms with E-state index in [0.29, 0.717) is 6.54 Å². The van der Waals surface area contributed by atoms with Crippen molar-refractivity contribution in [2.45, 2.75) is 32.2 Å². The molecule has 3 rings (SSSR count). The largest absolute Gasteiger partial charge is 0.395 e. The van der Waals surface area contributed by atoms with Gasteiger partial charge in [0, 0.05) is 23.1 Å². The summed E-state index contributed by atoms with van der Waals surface area (Å²) in [5, 5.41) is 10.2. The van der Waals surface area contributed by atoms with Crippen molar-refractivity contribution in [2.24, 2.45) is 0 Å². The second kappa shape index (κ2) is 4.15. The summed E-state index contributed by atoms with van der Waals surface area (Å²) in [5.41, 5.74) is 3.65. The molecule has 0 saturated carbocycles. The molecule has 90 valence electrons. The Bertz CT molecular complexity index is 559. The molecule has 0 amide bonds. The van der Waals surface area contributed by atoms with Crippen LogP contribution in [-0.4, -0.2) is 16.3 Å². The Hall–Kier alpha value is -1.35. The van der Waals surface area contributed by atoms with Gasteiger partial charge in [-0.2, -0.15) is 0 Å². The number of aromatic nitrogens is 1. The maximum absolute atomic E-state index is 13.3. The number of hydrogen-bond donors (Lipinski definition) is 1. The minimum absolute atomic E-state index is 0.133. The van der Waals surface area contributed by atoms with E-state index in [2.05, 4.69) is 4.57 Å². The lowest BCUT2D eigenvalue weighted by Gasteiger charge is -2.15. The smallest absolute Gasteiger partial charge is 0.123 e. The molecule has 0 aliphatic heterocycles. The molecule has 1 aliphatic carbocycles. The average molecular weight is 233 g/mol. The van der Waals surface area contributed by atoms with Gasteiger partial charge in [0.1, 0.15) is 5.82 Å². The van der Waals surface area contributed by atoms with Gasteiger partial charge in [0.15, 0.2) is 0 Å². The Kier molecular flexibility index (Phi) is 2.63. The van der Waals surface area contributed by atoms with Crippen molar-refractivity contribution in [3.63, 3.8) is 0 Å². The Morgan fingerprint density at radius 1 is 1.24 bits per heavy atom. The average Bonchev–Trinajstić information content (AvgIpc) is 2.65. The summed E-state index contributed by atoms with van der Waals surface area (Å²) in [6.45, 7) is 0.741. The van der Waals surface area contributed by atoms with Crippen LogP contribution in [0.25, 0.3) is 10.9 Å². The molecule has 2 nitrogen and oxygen atoms in total. The Morgan fingerprint density at radius 2 is 2.06 bits per heavy atom. The lowest BCUT2D eigenvalue weighted by Crippen LogP contribution is -2.10. The topological polar surface area (TPSA) is 25.2 Å². The second-order valence-electron chi connectivity index (χ2n) is 4.67. The predicted octanol–water partition coefficient (Wildman–Crippen LogP) is 2.65. The van der Waals surface area contributed by atoms with Gasteiger partial charge in [-0.25, -0.2) is 4.39 Å². The zero-order chi connectivity index (χ0) is 11.8. The minimum atomic E-state index is -0.174. The summed E-state index contributed by atoms with van der Waals surface area (Å²) >= 11 is 0. The van der Waals surface area contributed by atoms with Crippen LogP contribution in [0.2, 0.25) is 0 Å². The molecule has 0 fully saturated rings. The van der Waals surface area contributed by atoms with Crippen LogP contribution in [0, 0.1) is 5.82 Å². The number of fused-ring (bicyclic) bond motifs is 3. The molecule has 1 aliphatic rings. The second-order valence-corrected chi connectivity index (χ2v) is 4.67. The summed E-state index contributed by atoms with van der Waals surface area (Å²) in [6, 6.07) is 4.97. The van der Waals surface area contributed by atoms with E-state index >= 15 is 0 Å². The van der Waals surface area contributed by atoms with E-state index < -0.39 is 0 Å². The molecule has 0 radical (unpaired) electrons. The molecule has 1 N–H and O–H groups in total. The van der Waals surface area contributed by atoms with E-state index in [0.717, 1.165) is 23.7 Å². The van der Waals surface area contributed by atoms with E-state index in [1.54, 1.807) is 6.07 Å². The quantitative estimate of drug-likeness (QED) is 0.847. The van der Waals surface area contributed by atoms with Gasteiger partial charge in [-0.1, -0.05) is 0 Å². The molecular weight excluding hydrogens is 217 g/mol. The number of hydrogen-bond acceptors (Lipinski definition) is 1. The number of aliphatic hydroxyl groups excluding tert-OH is 1. The van der Waals surface area contributed by atoms with Crippen LogP contribution >= 0.6 is 0 Å². The third-order valence-corrected chi connectivity index (χ3v) is 3.66. The highest BCUT2D eigenvalue weighted by molar-refractivity contribution is 5.86. The van der Waals surface area contributed by atoms with E-state index in [1.165, 1.54) is 30.2 Å². The van der Waals surface area contributed by atoms with Crippen LogP contribution in [-0.2, 0) is 19.4 Å². The van der Waals surface area contributed by atoms with E-state index in [1.807, 2.05) is 6.07 Å². The first-order chi connectivity index (χ1) is 8.31. The molecule has 2 aromatic rings. The SMILES string of the molecule is OCCn1c2c(c3cc(F)ccc31)CCCC2. The van der Waals surface area contributed by atoms with Gasteiger partial charge >= 0.3 is 0 Å². The van der Waals surface area contributed by atoms with E-state index in [-0.39, 0.29) is 12.4 Å². The Balaban J connectivity index is 2.29.